The van der Waals surface area contributed by atoms with Crippen molar-refractivity contribution >= 4 is 5.97 Å². The van der Waals surface area contributed by atoms with E-state index in [9.17, 15) is 4.79 Å². The van der Waals surface area contributed by atoms with Gasteiger partial charge in [0.15, 0.2) is 5.57 Å². The summed E-state index contributed by atoms with van der Waals surface area (Å²) in [5.41, 5.74) is 0.0485. The molecule has 0 amide bonds. The predicted octanol–water partition coefficient (Wildman–Crippen LogP) is 1.13. The van der Waals surface area contributed by atoms with Gasteiger partial charge >= 0.3 is 5.97 Å². The molecule has 0 aliphatic rings. The van der Waals surface area contributed by atoms with E-state index in [0.29, 0.717) is 6.54 Å². The third-order valence-corrected chi connectivity index (χ3v) is 2.19. The first-order valence-corrected chi connectivity index (χ1v) is 5.98. The molecule has 0 spiro atoms. The minimum absolute atomic E-state index is 0.00231. The zero-order valence-corrected chi connectivity index (χ0v) is 11.9. The first-order valence-electron chi connectivity index (χ1n) is 5.98. The molecular formula is C13H23N3O2. The smallest absolute Gasteiger partial charge is 0.350 e. The lowest BCUT2D eigenvalue weighted by atomic mass is 9.93. The molecule has 18 heavy (non-hydrogen) atoms. The summed E-state index contributed by atoms with van der Waals surface area (Å²) < 4.78 is 4.76. The van der Waals surface area contributed by atoms with Crippen LogP contribution in [0.2, 0.25) is 0 Å². The molecule has 1 N–H and O–H groups in total. The molecule has 0 fully saturated rings. The Morgan fingerprint density at radius 3 is 2.56 bits per heavy atom. The number of ether oxygens (including phenoxy) is 1. The lowest BCUT2D eigenvalue weighted by Gasteiger charge is -2.28. The molecule has 0 saturated heterocycles. The topological polar surface area (TPSA) is 65.4 Å². The summed E-state index contributed by atoms with van der Waals surface area (Å²) in [7, 11) is 4.02. The quantitative estimate of drug-likeness (QED) is 0.418. The summed E-state index contributed by atoms with van der Waals surface area (Å²) in [6.07, 6.45) is 1.43. The second-order valence-corrected chi connectivity index (χ2v) is 5.17. The van der Waals surface area contributed by atoms with Crippen LogP contribution in [0, 0.1) is 16.7 Å². The van der Waals surface area contributed by atoms with Gasteiger partial charge in [0.05, 0.1) is 6.61 Å². The lowest BCUT2D eigenvalue weighted by molar-refractivity contribution is -0.138. The van der Waals surface area contributed by atoms with Gasteiger partial charge in [0.2, 0.25) is 0 Å². The number of carbonyl (C=O) groups excluding carboxylic acids is 1. The highest BCUT2D eigenvalue weighted by atomic mass is 16.5. The van der Waals surface area contributed by atoms with E-state index in [0.717, 1.165) is 6.54 Å². The van der Waals surface area contributed by atoms with Crippen molar-refractivity contribution in [1.29, 1.82) is 5.26 Å². The fourth-order valence-electron chi connectivity index (χ4n) is 1.69. The van der Waals surface area contributed by atoms with Crippen molar-refractivity contribution in [3.8, 4) is 6.07 Å². The molecule has 0 heterocycles. The number of hydrogen-bond acceptors (Lipinski definition) is 5. The standard InChI is InChI=1S/C13H23N3O2/c1-6-18-12(17)11(7-14)8-15-9-13(2,3)10-16(4)5/h8,15H,6,9-10H2,1-5H3/b11-8+. The Kier molecular flexibility index (Phi) is 7.06. The Balaban J connectivity index is 4.36. The molecule has 0 aromatic carbocycles. The van der Waals surface area contributed by atoms with Gasteiger partial charge in [-0.25, -0.2) is 4.79 Å². The van der Waals surface area contributed by atoms with Gasteiger partial charge in [0.25, 0.3) is 0 Å². The molecule has 0 radical (unpaired) electrons. The van der Waals surface area contributed by atoms with Gasteiger partial charge in [-0.1, -0.05) is 13.8 Å². The maximum atomic E-state index is 11.3. The number of esters is 1. The number of carbonyl (C=O) groups is 1. The molecule has 0 bridgehead atoms. The van der Waals surface area contributed by atoms with Crippen LogP contribution >= 0.6 is 0 Å². The van der Waals surface area contributed by atoms with E-state index < -0.39 is 5.97 Å². The molecule has 0 aromatic rings. The summed E-state index contributed by atoms with van der Waals surface area (Å²) in [5, 5.41) is 11.8. The average Bonchev–Trinajstić information content (AvgIpc) is 2.22. The Hall–Kier alpha value is -1.54. The SMILES string of the molecule is CCOC(=O)/C(C#N)=C/NCC(C)(C)CN(C)C. The van der Waals surface area contributed by atoms with E-state index in [1.54, 1.807) is 6.92 Å². The van der Waals surface area contributed by atoms with Crippen molar-refractivity contribution in [2.75, 3.05) is 33.8 Å². The van der Waals surface area contributed by atoms with Crippen LogP contribution in [-0.2, 0) is 9.53 Å². The number of nitriles is 1. The largest absolute Gasteiger partial charge is 0.462 e. The van der Waals surface area contributed by atoms with Gasteiger partial charge in [-0.15, -0.1) is 0 Å². The van der Waals surface area contributed by atoms with E-state index in [1.807, 2.05) is 20.2 Å². The van der Waals surface area contributed by atoms with Crippen molar-refractivity contribution in [2.45, 2.75) is 20.8 Å². The molecule has 0 aliphatic carbocycles. The number of rotatable bonds is 7. The van der Waals surface area contributed by atoms with Crippen molar-refractivity contribution in [1.82, 2.24) is 10.2 Å². The van der Waals surface area contributed by atoms with Crippen molar-refractivity contribution in [3.05, 3.63) is 11.8 Å². The van der Waals surface area contributed by atoms with Gasteiger partial charge in [-0.2, -0.15) is 5.26 Å². The third-order valence-electron chi connectivity index (χ3n) is 2.19. The summed E-state index contributed by atoms with van der Waals surface area (Å²) >= 11 is 0. The molecule has 5 heteroatoms. The number of hydrogen-bond donors (Lipinski definition) is 1. The van der Waals surface area contributed by atoms with E-state index in [-0.39, 0.29) is 17.6 Å². The van der Waals surface area contributed by atoms with Crippen LogP contribution in [0.25, 0.3) is 0 Å². The Morgan fingerprint density at radius 2 is 2.11 bits per heavy atom. The average molecular weight is 253 g/mol. The molecule has 0 atom stereocenters. The normalized spacial score (nSPS) is 12.2. The molecule has 102 valence electrons. The second kappa shape index (κ2) is 7.72. The van der Waals surface area contributed by atoms with Gasteiger partial charge in [-0.05, 0) is 26.4 Å². The molecule has 0 aliphatic heterocycles. The fraction of sp³-hybridized carbons (Fsp3) is 0.692. The molecule has 0 saturated carbocycles. The zero-order chi connectivity index (χ0) is 14.2. The monoisotopic (exact) mass is 253 g/mol. The highest BCUT2D eigenvalue weighted by Gasteiger charge is 2.18. The van der Waals surface area contributed by atoms with E-state index in [2.05, 4.69) is 24.1 Å². The van der Waals surface area contributed by atoms with Gasteiger partial charge in [-0.3, -0.25) is 0 Å². The molecular weight excluding hydrogens is 230 g/mol. The van der Waals surface area contributed by atoms with Crippen LogP contribution in [0.5, 0.6) is 0 Å². The van der Waals surface area contributed by atoms with E-state index in [4.69, 9.17) is 10.00 Å². The Labute approximate surface area is 109 Å². The summed E-state index contributed by atoms with van der Waals surface area (Å²) in [4.78, 5) is 13.4. The van der Waals surface area contributed by atoms with E-state index >= 15 is 0 Å². The minimum atomic E-state index is -0.585. The Bertz CT molecular complexity index is 341. The van der Waals surface area contributed by atoms with Crippen LogP contribution in [0.1, 0.15) is 20.8 Å². The van der Waals surface area contributed by atoms with Crippen LogP contribution in [0.4, 0.5) is 0 Å². The maximum absolute atomic E-state index is 11.3. The molecule has 0 rings (SSSR count). The zero-order valence-electron chi connectivity index (χ0n) is 11.9. The fourth-order valence-corrected chi connectivity index (χ4v) is 1.69. The summed E-state index contributed by atoms with van der Waals surface area (Å²) in [5.74, 6) is -0.585. The third kappa shape index (κ3) is 6.92. The van der Waals surface area contributed by atoms with Crippen LogP contribution in [-0.4, -0.2) is 44.7 Å². The summed E-state index contributed by atoms with van der Waals surface area (Å²) in [6.45, 7) is 7.80. The second-order valence-electron chi connectivity index (χ2n) is 5.17. The highest BCUT2D eigenvalue weighted by Crippen LogP contribution is 2.14. The number of nitrogens with one attached hydrogen (secondary N) is 1. The van der Waals surface area contributed by atoms with Crippen LogP contribution < -0.4 is 5.32 Å². The van der Waals surface area contributed by atoms with Crippen LogP contribution in [0.15, 0.2) is 11.8 Å². The predicted molar refractivity (Wildman–Crippen MR) is 70.7 cm³/mol. The number of nitrogens with zero attached hydrogens (tertiary/aromatic N) is 2. The molecule has 0 unspecified atom stereocenters. The highest BCUT2D eigenvalue weighted by molar-refractivity contribution is 5.92. The minimum Gasteiger partial charge on any atom is -0.462 e. The van der Waals surface area contributed by atoms with E-state index in [1.165, 1.54) is 6.20 Å². The lowest BCUT2D eigenvalue weighted by Crippen LogP contribution is -2.36. The van der Waals surface area contributed by atoms with Gasteiger partial charge < -0.3 is 15.0 Å². The van der Waals surface area contributed by atoms with Crippen LogP contribution in [0.3, 0.4) is 0 Å². The van der Waals surface area contributed by atoms with Gasteiger partial charge in [0, 0.05) is 19.3 Å². The van der Waals surface area contributed by atoms with Crippen molar-refractivity contribution < 1.29 is 9.53 Å². The first kappa shape index (κ1) is 16.5. The summed E-state index contributed by atoms with van der Waals surface area (Å²) in [6, 6.07) is 1.83. The Morgan fingerprint density at radius 1 is 1.50 bits per heavy atom. The molecule has 5 nitrogen and oxygen atoms in total. The first-order chi connectivity index (χ1) is 8.32. The molecule has 0 aromatic heterocycles. The van der Waals surface area contributed by atoms with Crippen molar-refractivity contribution in [2.24, 2.45) is 5.41 Å². The van der Waals surface area contributed by atoms with Gasteiger partial charge in [0.1, 0.15) is 6.07 Å². The van der Waals surface area contributed by atoms with Crippen molar-refractivity contribution in [3.63, 3.8) is 0 Å². The maximum Gasteiger partial charge on any atom is 0.350 e.